The molecule has 1 atom stereocenters. The molecule has 0 saturated carbocycles. The summed E-state index contributed by atoms with van der Waals surface area (Å²) in [5, 5.41) is 2.96. The molecule has 1 aliphatic heterocycles. The summed E-state index contributed by atoms with van der Waals surface area (Å²) < 4.78 is 13.1. The minimum Gasteiger partial charge on any atom is -0.351 e. The van der Waals surface area contributed by atoms with Gasteiger partial charge in [0.25, 0.3) is 0 Å². The number of benzene rings is 2. The lowest BCUT2D eigenvalue weighted by Crippen LogP contribution is -2.53. The summed E-state index contributed by atoms with van der Waals surface area (Å²) in [6, 6.07) is 10.8. The fraction of sp³-hybridized carbons (Fsp3) is 0.273. The number of piperazine rings is 1. The Morgan fingerprint density at radius 3 is 2.63 bits per heavy atom. The quantitative estimate of drug-likeness (QED) is 0.709. The summed E-state index contributed by atoms with van der Waals surface area (Å²) in [6.45, 7) is 4.78. The highest BCUT2D eigenvalue weighted by Crippen LogP contribution is 2.23. The van der Waals surface area contributed by atoms with Crippen molar-refractivity contribution in [2.24, 2.45) is 5.73 Å². The number of hydrogen-bond acceptors (Lipinski definition) is 3. The highest BCUT2D eigenvalue weighted by molar-refractivity contribution is 6.31. The molecule has 1 heterocycles. The van der Waals surface area contributed by atoms with E-state index in [1.165, 1.54) is 18.2 Å². The number of carbonyl (C=O) groups is 2. The summed E-state index contributed by atoms with van der Waals surface area (Å²) in [6.07, 6.45) is 3.13. The first-order valence-corrected chi connectivity index (χ1v) is 10.0. The lowest BCUT2D eigenvalue weighted by molar-refractivity contribution is -0.130. The maximum absolute atomic E-state index is 13.1. The van der Waals surface area contributed by atoms with Crippen molar-refractivity contribution in [3.8, 4) is 0 Å². The minimum atomic E-state index is -0.704. The Balaban J connectivity index is 1.61. The van der Waals surface area contributed by atoms with Crippen molar-refractivity contribution in [3.63, 3.8) is 0 Å². The SMILES string of the molecule is C[C@H]1CN(Cc2ccc(F)cc2)CCN1C(=O)/C=C/c1ccc(Cl)cc1NC(N)=O. The number of rotatable bonds is 5. The van der Waals surface area contributed by atoms with E-state index in [2.05, 4.69) is 10.2 Å². The van der Waals surface area contributed by atoms with Crippen LogP contribution >= 0.6 is 11.6 Å². The van der Waals surface area contributed by atoms with E-state index in [4.69, 9.17) is 17.3 Å². The van der Waals surface area contributed by atoms with Gasteiger partial charge in [-0.2, -0.15) is 0 Å². The molecular formula is C22H24ClFN4O2. The molecule has 2 aromatic rings. The van der Waals surface area contributed by atoms with Crippen molar-refractivity contribution in [1.29, 1.82) is 0 Å². The maximum atomic E-state index is 13.1. The molecule has 8 heteroatoms. The Morgan fingerprint density at radius 2 is 1.97 bits per heavy atom. The molecule has 0 bridgehead atoms. The number of nitrogens with two attached hydrogens (primary N) is 1. The summed E-state index contributed by atoms with van der Waals surface area (Å²) in [7, 11) is 0. The Morgan fingerprint density at radius 1 is 1.23 bits per heavy atom. The van der Waals surface area contributed by atoms with Gasteiger partial charge < -0.3 is 16.0 Å². The summed E-state index contributed by atoms with van der Waals surface area (Å²) >= 11 is 5.97. The van der Waals surface area contributed by atoms with Crippen molar-refractivity contribution in [3.05, 3.63) is 70.5 Å². The second kappa shape index (κ2) is 9.73. The molecule has 1 aliphatic rings. The van der Waals surface area contributed by atoms with Crippen LogP contribution in [0.1, 0.15) is 18.1 Å². The third-order valence-corrected chi connectivity index (χ3v) is 5.23. The van der Waals surface area contributed by atoms with Crippen LogP contribution in [-0.4, -0.2) is 47.4 Å². The van der Waals surface area contributed by atoms with Gasteiger partial charge in [-0.3, -0.25) is 9.69 Å². The number of urea groups is 1. The number of amides is 3. The van der Waals surface area contributed by atoms with Gasteiger partial charge in [-0.25, -0.2) is 9.18 Å². The lowest BCUT2D eigenvalue weighted by Gasteiger charge is -2.39. The number of nitrogens with zero attached hydrogens (tertiary/aromatic N) is 2. The van der Waals surface area contributed by atoms with Crippen LogP contribution in [0.25, 0.3) is 6.08 Å². The largest absolute Gasteiger partial charge is 0.351 e. The zero-order valence-corrected chi connectivity index (χ0v) is 17.4. The normalized spacial score (nSPS) is 17.3. The molecule has 0 unspecified atom stereocenters. The summed E-state index contributed by atoms with van der Waals surface area (Å²) in [5.41, 5.74) is 7.31. The smallest absolute Gasteiger partial charge is 0.316 e. The molecule has 0 radical (unpaired) electrons. The number of carbonyl (C=O) groups excluding carboxylic acids is 2. The van der Waals surface area contributed by atoms with Gasteiger partial charge in [0, 0.05) is 43.3 Å². The second-order valence-electron chi connectivity index (χ2n) is 7.30. The number of hydrogen-bond donors (Lipinski definition) is 2. The second-order valence-corrected chi connectivity index (χ2v) is 7.73. The van der Waals surface area contributed by atoms with Crippen LogP contribution in [0.3, 0.4) is 0 Å². The highest BCUT2D eigenvalue weighted by atomic mass is 35.5. The molecule has 3 amide bonds. The van der Waals surface area contributed by atoms with Crippen molar-refractivity contribution < 1.29 is 14.0 Å². The molecule has 0 aromatic heterocycles. The average molecular weight is 431 g/mol. The molecular weight excluding hydrogens is 407 g/mol. The molecule has 2 aromatic carbocycles. The first kappa shape index (κ1) is 21.8. The number of anilines is 1. The number of nitrogens with one attached hydrogen (secondary N) is 1. The van der Waals surface area contributed by atoms with E-state index in [9.17, 15) is 14.0 Å². The van der Waals surface area contributed by atoms with Crippen LogP contribution in [0.4, 0.5) is 14.9 Å². The monoisotopic (exact) mass is 430 g/mol. The molecule has 1 fully saturated rings. The van der Waals surface area contributed by atoms with E-state index >= 15 is 0 Å². The van der Waals surface area contributed by atoms with Gasteiger partial charge in [0.2, 0.25) is 5.91 Å². The van der Waals surface area contributed by atoms with Crippen molar-refractivity contribution in [2.75, 3.05) is 25.0 Å². The minimum absolute atomic E-state index is 0.0322. The van der Waals surface area contributed by atoms with Crippen molar-refractivity contribution >= 4 is 35.3 Å². The predicted octanol–water partition coefficient (Wildman–Crippen LogP) is 3.72. The van der Waals surface area contributed by atoms with E-state index in [-0.39, 0.29) is 17.8 Å². The molecule has 3 N–H and O–H groups in total. The van der Waals surface area contributed by atoms with E-state index in [1.54, 1.807) is 36.4 Å². The van der Waals surface area contributed by atoms with Gasteiger partial charge in [0.1, 0.15) is 5.82 Å². The zero-order chi connectivity index (χ0) is 21.7. The van der Waals surface area contributed by atoms with Gasteiger partial charge >= 0.3 is 6.03 Å². The maximum Gasteiger partial charge on any atom is 0.316 e. The Kier molecular flexibility index (Phi) is 7.07. The molecule has 158 valence electrons. The van der Waals surface area contributed by atoms with E-state index in [1.807, 2.05) is 11.8 Å². The molecule has 1 saturated heterocycles. The lowest BCUT2D eigenvalue weighted by atomic mass is 10.1. The summed E-state index contributed by atoms with van der Waals surface area (Å²) in [4.78, 5) is 28.0. The summed E-state index contributed by atoms with van der Waals surface area (Å²) in [5.74, 6) is -0.354. The fourth-order valence-electron chi connectivity index (χ4n) is 3.52. The standard InChI is InChI=1S/C22H24ClFN4O2/c1-15-13-27(14-16-2-7-19(24)8-3-16)10-11-28(15)21(29)9-5-17-4-6-18(23)12-20(17)26-22(25)30/h2-9,12,15H,10-11,13-14H2,1H3,(H3,25,26,30)/b9-5+/t15-/m0/s1. The Bertz CT molecular complexity index is 949. The van der Waals surface area contributed by atoms with Crippen LogP contribution in [0.2, 0.25) is 5.02 Å². The average Bonchev–Trinajstić information content (AvgIpc) is 2.68. The van der Waals surface area contributed by atoms with Crippen LogP contribution in [0, 0.1) is 5.82 Å². The zero-order valence-electron chi connectivity index (χ0n) is 16.6. The number of halogens is 2. The van der Waals surface area contributed by atoms with Crippen molar-refractivity contribution in [1.82, 2.24) is 9.80 Å². The molecule has 3 rings (SSSR count). The third-order valence-electron chi connectivity index (χ3n) is 4.99. The fourth-order valence-corrected chi connectivity index (χ4v) is 3.70. The van der Waals surface area contributed by atoms with Crippen LogP contribution in [-0.2, 0) is 11.3 Å². The molecule has 0 spiro atoms. The first-order chi connectivity index (χ1) is 14.3. The van der Waals surface area contributed by atoms with Crippen LogP contribution in [0.5, 0.6) is 0 Å². The van der Waals surface area contributed by atoms with Crippen molar-refractivity contribution in [2.45, 2.75) is 19.5 Å². The van der Waals surface area contributed by atoms with E-state index in [0.717, 1.165) is 25.2 Å². The molecule has 0 aliphatic carbocycles. The van der Waals surface area contributed by atoms with Gasteiger partial charge in [-0.1, -0.05) is 29.8 Å². The Hall–Kier alpha value is -2.90. The van der Waals surface area contributed by atoms with Gasteiger partial charge in [0.15, 0.2) is 0 Å². The third kappa shape index (κ3) is 5.81. The molecule has 6 nitrogen and oxygen atoms in total. The van der Waals surface area contributed by atoms with Gasteiger partial charge in [-0.15, -0.1) is 0 Å². The van der Waals surface area contributed by atoms with Gasteiger partial charge in [0.05, 0.1) is 5.69 Å². The first-order valence-electron chi connectivity index (χ1n) is 9.63. The number of primary amides is 1. The van der Waals surface area contributed by atoms with Crippen LogP contribution in [0.15, 0.2) is 48.5 Å². The van der Waals surface area contributed by atoms with E-state index in [0.29, 0.717) is 22.8 Å². The van der Waals surface area contributed by atoms with Gasteiger partial charge in [-0.05, 0) is 48.4 Å². The Labute approximate surface area is 180 Å². The predicted molar refractivity (Wildman–Crippen MR) is 117 cm³/mol. The molecule has 30 heavy (non-hydrogen) atoms. The topological polar surface area (TPSA) is 78.7 Å². The van der Waals surface area contributed by atoms with E-state index < -0.39 is 6.03 Å². The van der Waals surface area contributed by atoms with Crippen LogP contribution < -0.4 is 11.1 Å². The highest BCUT2D eigenvalue weighted by Gasteiger charge is 2.26.